The second-order valence-electron chi connectivity index (χ2n) is 5.37. The van der Waals surface area contributed by atoms with E-state index in [1.165, 1.54) is 18.2 Å². The van der Waals surface area contributed by atoms with Gasteiger partial charge in [0.15, 0.2) is 6.04 Å². The highest BCUT2D eigenvalue weighted by Gasteiger charge is 2.24. The minimum atomic E-state index is -0.956. The Morgan fingerprint density at radius 3 is 2.50 bits per heavy atom. The summed E-state index contributed by atoms with van der Waals surface area (Å²) in [6.07, 6.45) is 1.59. The second kappa shape index (κ2) is 7.92. The third kappa shape index (κ3) is 4.15. The Morgan fingerprint density at radius 1 is 1.15 bits per heavy atom. The zero-order chi connectivity index (χ0) is 18.5. The van der Waals surface area contributed by atoms with Crippen LogP contribution in [0.5, 0.6) is 5.75 Å². The number of ether oxygens (including phenoxy) is 1. The molecule has 0 aromatic heterocycles. The lowest BCUT2D eigenvalue weighted by Gasteiger charge is -2.12. The summed E-state index contributed by atoms with van der Waals surface area (Å²) >= 11 is 0.836. The third-order valence-corrected chi connectivity index (χ3v) is 4.43. The molecule has 0 radical (unpaired) electrons. The van der Waals surface area contributed by atoms with Crippen LogP contribution in [0.2, 0.25) is 0 Å². The maximum Gasteiger partial charge on any atom is 0.290 e. The van der Waals surface area contributed by atoms with Crippen molar-refractivity contribution in [2.45, 2.75) is 6.04 Å². The van der Waals surface area contributed by atoms with E-state index in [0.717, 1.165) is 11.8 Å². The quantitative estimate of drug-likeness (QED) is 0.611. The van der Waals surface area contributed by atoms with Gasteiger partial charge in [0.2, 0.25) is 0 Å². The van der Waals surface area contributed by atoms with Gasteiger partial charge in [-0.1, -0.05) is 35.5 Å². The van der Waals surface area contributed by atoms with Crippen molar-refractivity contribution in [2.75, 3.05) is 6.61 Å². The van der Waals surface area contributed by atoms with E-state index < -0.39 is 23.0 Å². The van der Waals surface area contributed by atoms with Gasteiger partial charge in [-0.25, -0.2) is 4.39 Å². The number of amides is 2. The molecule has 1 fully saturated rings. The van der Waals surface area contributed by atoms with Crippen LogP contribution >= 0.6 is 11.8 Å². The monoisotopic (exact) mass is 372 g/mol. The Morgan fingerprint density at radius 2 is 1.88 bits per heavy atom. The summed E-state index contributed by atoms with van der Waals surface area (Å²) in [5.74, 6) is -0.466. The number of thioether (sulfide) groups is 1. The molecular formula is C18H13FN2O4S. The zero-order valence-electron chi connectivity index (χ0n) is 13.3. The molecule has 0 bridgehead atoms. The van der Waals surface area contributed by atoms with Crippen LogP contribution in [0.1, 0.15) is 17.2 Å². The number of benzene rings is 2. The molecule has 1 atom stereocenters. The summed E-state index contributed by atoms with van der Waals surface area (Å²) in [7, 11) is 0. The molecule has 1 aliphatic rings. The van der Waals surface area contributed by atoms with Gasteiger partial charge in [0.25, 0.3) is 11.1 Å². The summed E-state index contributed by atoms with van der Waals surface area (Å²) in [5.41, 5.74) is 0.890. The molecule has 2 amide bonds. The second-order valence-corrected chi connectivity index (χ2v) is 6.39. The third-order valence-electron chi connectivity index (χ3n) is 3.62. The SMILES string of the molecule is O=NC(COc1ccc(C=C2SC(=O)NC2=O)cc1)c1ccccc1F. The van der Waals surface area contributed by atoms with Crippen molar-refractivity contribution >= 4 is 29.0 Å². The number of nitroso groups, excluding NO2 is 1. The summed E-state index contributed by atoms with van der Waals surface area (Å²) in [5, 5.41) is 4.71. The van der Waals surface area contributed by atoms with Crippen molar-refractivity contribution in [2.24, 2.45) is 5.18 Å². The van der Waals surface area contributed by atoms with E-state index in [0.29, 0.717) is 16.2 Å². The number of imide groups is 1. The lowest BCUT2D eigenvalue weighted by atomic mass is 10.1. The first kappa shape index (κ1) is 17.8. The van der Waals surface area contributed by atoms with E-state index in [1.54, 1.807) is 36.4 Å². The van der Waals surface area contributed by atoms with Crippen molar-refractivity contribution in [3.63, 3.8) is 0 Å². The van der Waals surface area contributed by atoms with Crippen LogP contribution in [0.25, 0.3) is 6.08 Å². The average molecular weight is 372 g/mol. The van der Waals surface area contributed by atoms with Gasteiger partial charge >= 0.3 is 0 Å². The van der Waals surface area contributed by atoms with E-state index in [1.807, 2.05) is 0 Å². The van der Waals surface area contributed by atoms with Gasteiger partial charge in [0, 0.05) is 5.56 Å². The fraction of sp³-hybridized carbons (Fsp3) is 0.111. The van der Waals surface area contributed by atoms with Crippen LogP contribution in [0.15, 0.2) is 58.6 Å². The molecule has 0 spiro atoms. The predicted octanol–water partition coefficient (Wildman–Crippen LogP) is 4.04. The number of halogens is 1. The molecule has 2 aromatic carbocycles. The zero-order valence-corrected chi connectivity index (χ0v) is 14.2. The number of hydrogen-bond donors (Lipinski definition) is 1. The van der Waals surface area contributed by atoms with Gasteiger partial charge in [-0.2, -0.15) is 4.91 Å². The van der Waals surface area contributed by atoms with E-state index in [2.05, 4.69) is 10.5 Å². The Balaban J connectivity index is 1.65. The highest BCUT2D eigenvalue weighted by molar-refractivity contribution is 8.18. The van der Waals surface area contributed by atoms with E-state index >= 15 is 0 Å². The fourth-order valence-corrected chi connectivity index (χ4v) is 3.01. The highest BCUT2D eigenvalue weighted by atomic mass is 32.2. The first-order valence-corrected chi connectivity index (χ1v) is 8.43. The van der Waals surface area contributed by atoms with Crippen molar-refractivity contribution in [3.8, 4) is 5.75 Å². The molecule has 3 rings (SSSR count). The van der Waals surface area contributed by atoms with E-state index in [9.17, 15) is 18.9 Å². The van der Waals surface area contributed by atoms with Crippen molar-refractivity contribution in [3.05, 3.63) is 75.3 Å². The maximum absolute atomic E-state index is 13.7. The largest absolute Gasteiger partial charge is 0.491 e. The summed E-state index contributed by atoms with van der Waals surface area (Å²) < 4.78 is 19.3. The number of hydrogen-bond acceptors (Lipinski definition) is 6. The van der Waals surface area contributed by atoms with Crippen LogP contribution in [0.4, 0.5) is 9.18 Å². The van der Waals surface area contributed by atoms with E-state index in [-0.39, 0.29) is 12.2 Å². The number of carbonyl (C=O) groups is 2. The summed E-state index contributed by atoms with van der Waals surface area (Å²) in [6, 6.07) is 11.7. The highest BCUT2D eigenvalue weighted by Crippen LogP contribution is 2.26. The lowest BCUT2D eigenvalue weighted by molar-refractivity contribution is -0.115. The molecule has 1 aliphatic heterocycles. The topological polar surface area (TPSA) is 84.8 Å². The lowest BCUT2D eigenvalue weighted by Crippen LogP contribution is -2.17. The van der Waals surface area contributed by atoms with E-state index in [4.69, 9.17) is 4.74 Å². The van der Waals surface area contributed by atoms with Gasteiger partial charge in [-0.05, 0) is 41.6 Å². The molecule has 1 saturated heterocycles. The minimum absolute atomic E-state index is 0.0996. The molecule has 1 heterocycles. The van der Waals surface area contributed by atoms with Crippen molar-refractivity contribution in [1.29, 1.82) is 0 Å². The average Bonchev–Trinajstić information content (AvgIpc) is 2.95. The normalized spacial score (nSPS) is 16.4. The molecular weight excluding hydrogens is 359 g/mol. The molecule has 6 nitrogen and oxygen atoms in total. The Bertz CT molecular complexity index is 883. The Labute approximate surface area is 152 Å². The Kier molecular flexibility index (Phi) is 5.43. The van der Waals surface area contributed by atoms with Crippen LogP contribution in [-0.2, 0) is 4.79 Å². The van der Waals surface area contributed by atoms with Crippen molar-refractivity contribution < 1.29 is 18.7 Å². The first-order valence-electron chi connectivity index (χ1n) is 7.61. The number of carbonyl (C=O) groups excluding carboxylic acids is 2. The molecule has 0 saturated carbocycles. The minimum Gasteiger partial charge on any atom is -0.491 e. The molecule has 2 aromatic rings. The van der Waals surface area contributed by atoms with Gasteiger partial charge in [0.1, 0.15) is 18.2 Å². The summed E-state index contributed by atoms with van der Waals surface area (Å²) in [4.78, 5) is 34.0. The summed E-state index contributed by atoms with van der Waals surface area (Å²) in [6.45, 7) is -0.0996. The molecule has 8 heteroatoms. The van der Waals surface area contributed by atoms with Crippen LogP contribution in [-0.4, -0.2) is 17.8 Å². The predicted molar refractivity (Wildman–Crippen MR) is 96.0 cm³/mol. The molecule has 0 aliphatic carbocycles. The number of nitrogens with one attached hydrogen (secondary N) is 1. The molecule has 1 unspecified atom stereocenters. The molecule has 26 heavy (non-hydrogen) atoms. The van der Waals surface area contributed by atoms with Crippen LogP contribution in [0.3, 0.4) is 0 Å². The molecule has 132 valence electrons. The van der Waals surface area contributed by atoms with Gasteiger partial charge in [0.05, 0.1) is 4.91 Å². The van der Waals surface area contributed by atoms with Crippen LogP contribution < -0.4 is 10.1 Å². The standard InChI is InChI=1S/C18H13FN2O4S/c19-14-4-2-1-3-13(14)15(21-24)10-25-12-7-5-11(6-8-12)9-16-17(22)20-18(23)26-16/h1-9,15H,10H2,(H,20,22,23). The molecule has 1 N–H and O–H groups in total. The first-order chi connectivity index (χ1) is 12.6. The van der Waals surface area contributed by atoms with Gasteiger partial charge in [-0.3, -0.25) is 14.9 Å². The van der Waals surface area contributed by atoms with Gasteiger partial charge in [-0.15, -0.1) is 0 Å². The maximum atomic E-state index is 13.7. The smallest absolute Gasteiger partial charge is 0.290 e. The van der Waals surface area contributed by atoms with Crippen LogP contribution in [0, 0.1) is 10.7 Å². The van der Waals surface area contributed by atoms with Gasteiger partial charge < -0.3 is 4.74 Å². The fourth-order valence-electron chi connectivity index (χ4n) is 2.33. The van der Waals surface area contributed by atoms with Crippen molar-refractivity contribution in [1.82, 2.24) is 5.32 Å². The number of rotatable bonds is 6. The number of nitrogens with zero attached hydrogens (tertiary/aromatic N) is 1. The Hall–Kier alpha value is -3.00.